The fourth-order valence-corrected chi connectivity index (χ4v) is 3.74. The van der Waals surface area contributed by atoms with Crippen molar-refractivity contribution in [1.29, 1.82) is 0 Å². The number of hydrogen-bond acceptors (Lipinski definition) is 3. The first-order chi connectivity index (χ1) is 10.3. The smallest absolute Gasteiger partial charge is 0.315 e. The van der Waals surface area contributed by atoms with E-state index in [0.29, 0.717) is 24.5 Å². The maximum absolute atomic E-state index is 12.2. The van der Waals surface area contributed by atoms with Crippen molar-refractivity contribution in [3.05, 3.63) is 0 Å². The first-order valence-electron chi connectivity index (χ1n) is 8.58. The highest BCUT2D eigenvalue weighted by molar-refractivity contribution is 5.75. The Balaban J connectivity index is 1.74. The van der Waals surface area contributed by atoms with Crippen LogP contribution in [0.15, 0.2) is 0 Å². The number of amides is 2. The molecule has 2 fully saturated rings. The number of urea groups is 1. The second-order valence-corrected chi connectivity index (χ2v) is 7.85. The van der Waals surface area contributed by atoms with E-state index in [1.165, 1.54) is 0 Å². The SMILES string of the molecule is CC(C)COC[C@H](C)NC(=O)N[C@@H]1[C@H]2CCCO[C@H]2C1(C)C. The van der Waals surface area contributed by atoms with Gasteiger partial charge in [0.15, 0.2) is 0 Å². The molecule has 2 N–H and O–H groups in total. The minimum atomic E-state index is -0.0947. The second kappa shape index (κ2) is 7.18. The lowest BCUT2D eigenvalue weighted by molar-refractivity contribution is -0.189. The van der Waals surface area contributed by atoms with Crippen molar-refractivity contribution < 1.29 is 14.3 Å². The van der Waals surface area contributed by atoms with E-state index >= 15 is 0 Å². The van der Waals surface area contributed by atoms with E-state index in [1.54, 1.807) is 0 Å². The number of hydrogen-bond donors (Lipinski definition) is 2. The Morgan fingerprint density at radius 1 is 1.32 bits per heavy atom. The molecule has 5 heteroatoms. The van der Waals surface area contributed by atoms with E-state index in [9.17, 15) is 4.79 Å². The molecule has 22 heavy (non-hydrogen) atoms. The molecule has 0 aromatic carbocycles. The van der Waals surface area contributed by atoms with Crippen LogP contribution in [0.2, 0.25) is 0 Å². The van der Waals surface area contributed by atoms with Gasteiger partial charge in [-0.15, -0.1) is 0 Å². The molecule has 1 aliphatic heterocycles. The average Bonchev–Trinajstić information content (AvgIpc) is 2.44. The van der Waals surface area contributed by atoms with Gasteiger partial charge in [-0.05, 0) is 25.7 Å². The average molecular weight is 312 g/mol. The van der Waals surface area contributed by atoms with Gasteiger partial charge in [0, 0.05) is 30.6 Å². The summed E-state index contributed by atoms with van der Waals surface area (Å²) in [6, 6.07) is 0.115. The zero-order chi connectivity index (χ0) is 16.3. The molecule has 2 aliphatic rings. The number of fused-ring (bicyclic) bond motifs is 1. The lowest BCUT2D eigenvalue weighted by Crippen LogP contribution is -2.71. The predicted octanol–water partition coefficient (Wildman–Crippen LogP) is 2.55. The summed E-state index contributed by atoms with van der Waals surface area (Å²) < 4.78 is 11.4. The molecule has 1 aliphatic carbocycles. The molecular formula is C17H32N2O3. The molecule has 0 radical (unpaired) electrons. The highest BCUT2D eigenvalue weighted by Gasteiger charge is 2.58. The predicted molar refractivity (Wildman–Crippen MR) is 86.8 cm³/mol. The van der Waals surface area contributed by atoms with Crippen LogP contribution >= 0.6 is 0 Å². The van der Waals surface area contributed by atoms with Gasteiger partial charge < -0.3 is 20.1 Å². The van der Waals surface area contributed by atoms with Crippen LogP contribution in [0.1, 0.15) is 47.5 Å². The van der Waals surface area contributed by atoms with Gasteiger partial charge in [-0.2, -0.15) is 0 Å². The molecule has 128 valence electrons. The van der Waals surface area contributed by atoms with E-state index in [2.05, 4.69) is 38.3 Å². The maximum atomic E-state index is 12.2. The molecule has 0 aromatic heterocycles. The number of ether oxygens (including phenoxy) is 2. The van der Waals surface area contributed by atoms with Gasteiger partial charge in [0.05, 0.1) is 18.8 Å². The van der Waals surface area contributed by atoms with Crippen LogP contribution in [0.3, 0.4) is 0 Å². The van der Waals surface area contributed by atoms with Crippen LogP contribution in [0.4, 0.5) is 4.79 Å². The van der Waals surface area contributed by atoms with Gasteiger partial charge in [-0.3, -0.25) is 0 Å². The van der Waals surface area contributed by atoms with Gasteiger partial charge in [0.25, 0.3) is 0 Å². The van der Waals surface area contributed by atoms with Crippen LogP contribution in [0, 0.1) is 17.3 Å². The first-order valence-corrected chi connectivity index (χ1v) is 8.58. The molecule has 1 heterocycles. The van der Waals surface area contributed by atoms with E-state index in [4.69, 9.17) is 9.47 Å². The maximum Gasteiger partial charge on any atom is 0.315 e. The van der Waals surface area contributed by atoms with Crippen molar-refractivity contribution in [2.24, 2.45) is 17.3 Å². The first kappa shape index (κ1) is 17.5. The zero-order valence-corrected chi connectivity index (χ0v) is 14.6. The van der Waals surface area contributed by atoms with E-state index in [-0.39, 0.29) is 23.5 Å². The quantitative estimate of drug-likeness (QED) is 0.792. The van der Waals surface area contributed by atoms with Crippen molar-refractivity contribution in [2.45, 2.75) is 65.6 Å². The fraction of sp³-hybridized carbons (Fsp3) is 0.941. The van der Waals surface area contributed by atoms with Crippen LogP contribution in [0.5, 0.6) is 0 Å². The summed E-state index contributed by atoms with van der Waals surface area (Å²) in [4.78, 5) is 12.2. The van der Waals surface area contributed by atoms with Crippen LogP contribution in [-0.4, -0.2) is 44.0 Å². The van der Waals surface area contributed by atoms with E-state index in [1.807, 2.05) is 6.92 Å². The summed E-state index contributed by atoms with van der Waals surface area (Å²) in [6.07, 6.45) is 2.53. The summed E-state index contributed by atoms with van der Waals surface area (Å²) >= 11 is 0. The summed E-state index contributed by atoms with van der Waals surface area (Å²) in [5.74, 6) is 0.974. The van der Waals surface area contributed by atoms with Crippen molar-refractivity contribution in [1.82, 2.24) is 10.6 Å². The normalized spacial score (nSPS) is 31.1. The molecule has 0 spiro atoms. The molecule has 2 amide bonds. The number of nitrogens with one attached hydrogen (secondary N) is 2. The van der Waals surface area contributed by atoms with Gasteiger partial charge in [-0.25, -0.2) is 4.79 Å². The van der Waals surface area contributed by atoms with Crippen molar-refractivity contribution >= 4 is 6.03 Å². The minimum Gasteiger partial charge on any atom is -0.379 e. The summed E-state index contributed by atoms with van der Waals surface area (Å²) in [5, 5.41) is 6.12. The molecule has 5 nitrogen and oxygen atoms in total. The third-order valence-corrected chi connectivity index (χ3v) is 4.81. The minimum absolute atomic E-state index is 0.0137. The molecular weight excluding hydrogens is 280 g/mol. The molecule has 2 rings (SSSR count). The zero-order valence-electron chi connectivity index (χ0n) is 14.6. The highest BCUT2D eigenvalue weighted by atomic mass is 16.5. The Bertz CT molecular complexity index is 384. The van der Waals surface area contributed by atoms with Crippen LogP contribution in [0.25, 0.3) is 0 Å². The fourth-order valence-electron chi connectivity index (χ4n) is 3.74. The Morgan fingerprint density at radius 3 is 2.73 bits per heavy atom. The van der Waals surface area contributed by atoms with Crippen molar-refractivity contribution in [3.8, 4) is 0 Å². The van der Waals surface area contributed by atoms with Gasteiger partial charge >= 0.3 is 6.03 Å². The van der Waals surface area contributed by atoms with Gasteiger partial charge in [0.1, 0.15) is 0 Å². The number of rotatable bonds is 6. The lowest BCUT2D eigenvalue weighted by Gasteiger charge is -2.59. The molecule has 1 saturated heterocycles. The standard InChI is InChI=1S/C17H32N2O3/c1-11(2)9-21-10-12(3)18-16(20)19-14-13-7-6-8-22-15(13)17(14,4)5/h11-15H,6-10H2,1-5H3,(H2,18,19,20)/t12-,13+,14+,15+/m0/s1. The Hall–Kier alpha value is -0.810. The van der Waals surface area contributed by atoms with E-state index in [0.717, 1.165) is 26.1 Å². The second-order valence-electron chi connectivity index (χ2n) is 7.85. The van der Waals surface area contributed by atoms with E-state index < -0.39 is 0 Å². The lowest BCUT2D eigenvalue weighted by atomic mass is 9.55. The topological polar surface area (TPSA) is 59.6 Å². The van der Waals surface area contributed by atoms with Crippen LogP contribution in [-0.2, 0) is 9.47 Å². The van der Waals surface area contributed by atoms with Crippen molar-refractivity contribution in [2.75, 3.05) is 19.8 Å². The number of carbonyl (C=O) groups is 1. The summed E-state index contributed by atoms with van der Waals surface area (Å²) in [7, 11) is 0. The van der Waals surface area contributed by atoms with Gasteiger partial charge in [-0.1, -0.05) is 27.7 Å². The third kappa shape index (κ3) is 3.93. The van der Waals surface area contributed by atoms with Crippen LogP contribution < -0.4 is 10.6 Å². The highest BCUT2D eigenvalue weighted by Crippen LogP contribution is 2.51. The summed E-state index contributed by atoms with van der Waals surface area (Å²) in [6.45, 7) is 12.7. The molecule has 0 aromatic rings. The Morgan fingerprint density at radius 2 is 2.05 bits per heavy atom. The largest absolute Gasteiger partial charge is 0.379 e. The summed E-state index contributed by atoms with van der Waals surface area (Å²) in [5.41, 5.74) is 0.0137. The molecule has 1 saturated carbocycles. The molecule has 0 bridgehead atoms. The van der Waals surface area contributed by atoms with Gasteiger partial charge in [0.2, 0.25) is 0 Å². The van der Waals surface area contributed by atoms with Crippen molar-refractivity contribution in [3.63, 3.8) is 0 Å². The molecule has 4 atom stereocenters. The Kier molecular flexibility index (Phi) is 5.72. The molecule has 0 unspecified atom stereocenters. The third-order valence-electron chi connectivity index (χ3n) is 4.81. The monoisotopic (exact) mass is 312 g/mol. The number of carbonyl (C=O) groups excluding carboxylic acids is 1. The Labute approximate surface area is 134 Å².